The molecule has 0 amide bonds. The first-order chi connectivity index (χ1) is 10.1. The van der Waals surface area contributed by atoms with Gasteiger partial charge in [-0.25, -0.2) is 4.39 Å². The Hall–Kier alpha value is -1.38. The summed E-state index contributed by atoms with van der Waals surface area (Å²) in [6.45, 7) is 5.09. The van der Waals surface area contributed by atoms with Gasteiger partial charge in [-0.15, -0.1) is 0 Å². The van der Waals surface area contributed by atoms with Crippen molar-refractivity contribution in [2.75, 3.05) is 6.54 Å². The Balaban J connectivity index is 2.25. The van der Waals surface area contributed by atoms with Gasteiger partial charge in [-0.3, -0.25) is 0 Å². The van der Waals surface area contributed by atoms with Crippen LogP contribution in [0.25, 0.3) is 0 Å². The second-order valence-electron chi connectivity index (χ2n) is 5.40. The molecule has 0 aromatic heterocycles. The minimum absolute atomic E-state index is 0.143. The van der Waals surface area contributed by atoms with Crippen LogP contribution in [0.3, 0.4) is 0 Å². The van der Waals surface area contributed by atoms with Crippen LogP contribution in [0.2, 0.25) is 5.02 Å². The number of benzene rings is 2. The molecule has 1 atom stereocenters. The zero-order valence-corrected chi connectivity index (χ0v) is 13.3. The Morgan fingerprint density at radius 3 is 2.67 bits per heavy atom. The van der Waals surface area contributed by atoms with Gasteiger partial charge in [0.2, 0.25) is 0 Å². The molecular formula is C18H21ClFN. The number of hydrogen-bond donors (Lipinski definition) is 1. The van der Waals surface area contributed by atoms with Crippen molar-refractivity contribution in [3.8, 4) is 0 Å². The van der Waals surface area contributed by atoms with Crippen molar-refractivity contribution in [3.05, 3.63) is 70.0 Å². The zero-order valence-electron chi connectivity index (χ0n) is 12.5. The lowest BCUT2D eigenvalue weighted by atomic mass is 9.97. The summed E-state index contributed by atoms with van der Waals surface area (Å²) >= 11 is 6.17. The topological polar surface area (TPSA) is 12.0 Å². The number of rotatable bonds is 6. The average Bonchev–Trinajstić information content (AvgIpc) is 2.42. The van der Waals surface area contributed by atoms with Crippen LogP contribution in [0, 0.1) is 12.7 Å². The molecule has 0 fully saturated rings. The van der Waals surface area contributed by atoms with Crippen LogP contribution in [-0.2, 0) is 6.42 Å². The van der Waals surface area contributed by atoms with Crippen molar-refractivity contribution in [2.24, 2.45) is 0 Å². The maximum Gasteiger partial charge on any atom is 0.123 e. The minimum atomic E-state index is -0.191. The van der Waals surface area contributed by atoms with Crippen LogP contribution in [0.1, 0.15) is 36.1 Å². The molecule has 0 spiro atoms. The third kappa shape index (κ3) is 4.83. The molecule has 1 unspecified atom stereocenters. The summed E-state index contributed by atoms with van der Waals surface area (Å²) in [5, 5.41) is 4.27. The van der Waals surface area contributed by atoms with E-state index < -0.39 is 0 Å². The lowest BCUT2D eigenvalue weighted by Gasteiger charge is -2.20. The van der Waals surface area contributed by atoms with Crippen molar-refractivity contribution < 1.29 is 4.39 Å². The first kappa shape index (κ1) is 16.0. The van der Waals surface area contributed by atoms with Crippen molar-refractivity contribution in [3.63, 3.8) is 0 Å². The van der Waals surface area contributed by atoms with Gasteiger partial charge in [-0.05, 0) is 67.3 Å². The molecule has 2 rings (SSSR count). The minimum Gasteiger partial charge on any atom is -0.310 e. The number of aryl methyl sites for hydroxylation is 1. The highest BCUT2D eigenvalue weighted by Gasteiger charge is 2.13. The first-order valence-electron chi connectivity index (χ1n) is 7.33. The van der Waals surface area contributed by atoms with E-state index in [-0.39, 0.29) is 11.9 Å². The summed E-state index contributed by atoms with van der Waals surface area (Å²) in [5.41, 5.74) is 3.28. The summed E-state index contributed by atoms with van der Waals surface area (Å²) in [6.07, 6.45) is 1.80. The Morgan fingerprint density at radius 2 is 2.00 bits per heavy atom. The molecule has 0 aliphatic rings. The van der Waals surface area contributed by atoms with Crippen molar-refractivity contribution in [2.45, 2.75) is 32.7 Å². The third-order valence-corrected chi connectivity index (χ3v) is 3.65. The molecule has 0 aliphatic heterocycles. The second-order valence-corrected chi connectivity index (χ2v) is 5.84. The maximum atomic E-state index is 13.4. The molecule has 0 heterocycles. The molecule has 0 radical (unpaired) electrons. The number of hydrogen-bond acceptors (Lipinski definition) is 1. The summed E-state index contributed by atoms with van der Waals surface area (Å²) < 4.78 is 13.4. The fraction of sp³-hybridized carbons (Fsp3) is 0.333. The number of nitrogens with one attached hydrogen (secondary N) is 1. The van der Waals surface area contributed by atoms with E-state index >= 15 is 0 Å². The van der Waals surface area contributed by atoms with Crippen LogP contribution in [0.4, 0.5) is 4.39 Å². The van der Waals surface area contributed by atoms with Gasteiger partial charge in [0.1, 0.15) is 5.82 Å². The van der Waals surface area contributed by atoms with E-state index in [4.69, 9.17) is 11.6 Å². The first-order valence-corrected chi connectivity index (χ1v) is 7.71. The van der Waals surface area contributed by atoms with Crippen molar-refractivity contribution in [1.29, 1.82) is 0 Å². The molecule has 2 aromatic carbocycles. The Bertz CT molecular complexity index is 577. The predicted octanol–water partition coefficient (Wildman–Crippen LogP) is 5.07. The van der Waals surface area contributed by atoms with Gasteiger partial charge in [0.05, 0.1) is 0 Å². The molecule has 0 saturated carbocycles. The Kier molecular flexibility index (Phi) is 5.77. The molecule has 21 heavy (non-hydrogen) atoms. The molecule has 0 aliphatic carbocycles. The van der Waals surface area contributed by atoms with Gasteiger partial charge in [-0.2, -0.15) is 0 Å². The number of halogens is 2. The summed E-state index contributed by atoms with van der Waals surface area (Å²) in [6, 6.07) is 13.0. The van der Waals surface area contributed by atoms with E-state index in [1.165, 1.54) is 6.07 Å². The Morgan fingerprint density at radius 1 is 1.19 bits per heavy atom. The van der Waals surface area contributed by atoms with Gasteiger partial charge >= 0.3 is 0 Å². The Labute approximate surface area is 131 Å². The van der Waals surface area contributed by atoms with E-state index in [2.05, 4.69) is 18.3 Å². The second kappa shape index (κ2) is 7.58. The van der Waals surface area contributed by atoms with Gasteiger partial charge < -0.3 is 5.32 Å². The highest BCUT2D eigenvalue weighted by molar-refractivity contribution is 6.30. The van der Waals surface area contributed by atoms with E-state index in [0.29, 0.717) is 0 Å². The molecule has 2 aromatic rings. The fourth-order valence-electron chi connectivity index (χ4n) is 2.49. The summed E-state index contributed by atoms with van der Waals surface area (Å²) in [7, 11) is 0. The molecule has 112 valence electrons. The van der Waals surface area contributed by atoms with E-state index in [9.17, 15) is 4.39 Å². The van der Waals surface area contributed by atoms with Crippen molar-refractivity contribution in [1.82, 2.24) is 5.32 Å². The molecule has 1 N–H and O–H groups in total. The lowest BCUT2D eigenvalue weighted by molar-refractivity contribution is 0.527. The van der Waals surface area contributed by atoms with E-state index in [1.54, 1.807) is 12.1 Å². The monoisotopic (exact) mass is 305 g/mol. The molecule has 0 saturated heterocycles. The molecule has 1 nitrogen and oxygen atoms in total. The van der Waals surface area contributed by atoms with Gasteiger partial charge in [-0.1, -0.05) is 36.7 Å². The maximum absolute atomic E-state index is 13.4. The molecular weight excluding hydrogens is 285 g/mol. The standard InChI is InChI=1S/C18H21ClFN/c1-3-7-21-18(11-14-5-4-6-17(20)10-14)15-8-13(2)9-16(19)12-15/h4-6,8-10,12,18,21H,3,7,11H2,1-2H3. The van der Waals surface area contributed by atoms with Crippen molar-refractivity contribution >= 4 is 11.6 Å². The van der Waals surface area contributed by atoms with E-state index in [0.717, 1.165) is 41.1 Å². The normalized spacial score (nSPS) is 12.4. The fourth-order valence-corrected chi connectivity index (χ4v) is 2.79. The lowest BCUT2D eigenvalue weighted by Crippen LogP contribution is -2.24. The van der Waals surface area contributed by atoms with E-state index in [1.807, 2.05) is 25.1 Å². The van der Waals surface area contributed by atoms with Crippen LogP contribution < -0.4 is 5.32 Å². The van der Waals surface area contributed by atoms with Crippen LogP contribution in [0.5, 0.6) is 0 Å². The highest BCUT2D eigenvalue weighted by atomic mass is 35.5. The quantitative estimate of drug-likeness (QED) is 0.785. The summed E-state index contributed by atoms with van der Waals surface area (Å²) in [4.78, 5) is 0. The third-order valence-electron chi connectivity index (χ3n) is 3.44. The van der Waals surface area contributed by atoms with Crippen LogP contribution in [0.15, 0.2) is 42.5 Å². The molecule has 0 bridgehead atoms. The largest absolute Gasteiger partial charge is 0.310 e. The smallest absolute Gasteiger partial charge is 0.123 e. The van der Waals surface area contributed by atoms with Gasteiger partial charge in [0.25, 0.3) is 0 Å². The zero-order chi connectivity index (χ0) is 15.2. The average molecular weight is 306 g/mol. The molecule has 3 heteroatoms. The van der Waals surface area contributed by atoms with Crippen LogP contribution in [-0.4, -0.2) is 6.54 Å². The SMILES string of the molecule is CCCNC(Cc1cccc(F)c1)c1cc(C)cc(Cl)c1. The van der Waals surface area contributed by atoms with Gasteiger partial charge in [0, 0.05) is 11.1 Å². The predicted molar refractivity (Wildman–Crippen MR) is 87.3 cm³/mol. The summed E-state index contributed by atoms with van der Waals surface area (Å²) in [5.74, 6) is -0.191. The van der Waals surface area contributed by atoms with Gasteiger partial charge in [0.15, 0.2) is 0 Å². The highest BCUT2D eigenvalue weighted by Crippen LogP contribution is 2.24. The van der Waals surface area contributed by atoms with Crippen LogP contribution >= 0.6 is 11.6 Å².